The number of hydrogen-bond donors (Lipinski definition) is 1. The van der Waals surface area contributed by atoms with Crippen molar-refractivity contribution in [1.29, 1.82) is 0 Å². The highest BCUT2D eigenvalue weighted by molar-refractivity contribution is 9.09. The molecule has 2 heteroatoms. The van der Waals surface area contributed by atoms with Crippen molar-refractivity contribution in [3.63, 3.8) is 0 Å². The molecule has 0 fully saturated rings. The zero-order valence-electron chi connectivity index (χ0n) is 5.94. The van der Waals surface area contributed by atoms with Gasteiger partial charge in [0.1, 0.15) is 0 Å². The average Bonchev–Trinajstić information content (AvgIpc) is 1.85. The van der Waals surface area contributed by atoms with Crippen LogP contribution in [-0.2, 0) is 0 Å². The predicted molar refractivity (Wildman–Crippen MR) is 43.9 cm³/mol. The number of aliphatic hydroxyl groups excluding tert-OH is 1. The lowest BCUT2D eigenvalue weighted by molar-refractivity contribution is 0.273. The Bertz CT molecular complexity index is 56.9. The third-order valence-corrected chi connectivity index (χ3v) is 1.91. The van der Waals surface area contributed by atoms with Crippen LogP contribution in [0.2, 0.25) is 0 Å². The second kappa shape index (κ2) is 6.56. The van der Waals surface area contributed by atoms with E-state index in [1.54, 1.807) is 0 Å². The number of halogens is 1. The van der Waals surface area contributed by atoms with Crippen LogP contribution in [0.4, 0.5) is 0 Å². The molecule has 9 heavy (non-hydrogen) atoms. The summed E-state index contributed by atoms with van der Waals surface area (Å²) in [7, 11) is 0. The van der Waals surface area contributed by atoms with E-state index in [-0.39, 0.29) is 0 Å². The minimum Gasteiger partial charge on any atom is -0.396 e. The van der Waals surface area contributed by atoms with E-state index in [4.69, 9.17) is 5.11 Å². The first-order chi connectivity index (χ1) is 4.31. The molecule has 1 unspecified atom stereocenters. The van der Waals surface area contributed by atoms with Crippen LogP contribution < -0.4 is 0 Å². The van der Waals surface area contributed by atoms with Crippen LogP contribution >= 0.6 is 15.9 Å². The normalized spacial score (nSPS) is 13.7. The number of rotatable bonds is 5. The van der Waals surface area contributed by atoms with Gasteiger partial charge in [0.15, 0.2) is 0 Å². The fraction of sp³-hybridized carbons (Fsp3) is 1.00. The lowest BCUT2D eigenvalue weighted by atomic mass is 10.0. The summed E-state index contributed by atoms with van der Waals surface area (Å²) in [5, 5.41) is 9.55. The van der Waals surface area contributed by atoms with Crippen molar-refractivity contribution in [3.05, 3.63) is 0 Å². The zero-order valence-corrected chi connectivity index (χ0v) is 7.52. The summed E-state index contributed by atoms with van der Waals surface area (Å²) in [6.07, 6.45) is 3.33. The van der Waals surface area contributed by atoms with Crippen molar-refractivity contribution in [2.24, 2.45) is 5.92 Å². The van der Waals surface area contributed by atoms with Crippen LogP contribution in [-0.4, -0.2) is 17.0 Å². The molecule has 0 spiro atoms. The van der Waals surface area contributed by atoms with Gasteiger partial charge in [-0.1, -0.05) is 22.9 Å². The molecule has 1 nitrogen and oxygen atoms in total. The fourth-order valence-electron chi connectivity index (χ4n) is 0.770. The maximum atomic E-state index is 8.47. The summed E-state index contributed by atoms with van der Waals surface area (Å²) in [5.74, 6) is 0.761. The Labute approximate surface area is 65.6 Å². The van der Waals surface area contributed by atoms with Gasteiger partial charge in [0.25, 0.3) is 0 Å². The Kier molecular flexibility index (Phi) is 6.88. The van der Waals surface area contributed by atoms with Crippen molar-refractivity contribution in [2.75, 3.05) is 11.9 Å². The highest BCUT2D eigenvalue weighted by atomic mass is 79.9. The monoisotopic (exact) mass is 194 g/mol. The van der Waals surface area contributed by atoms with Crippen LogP contribution in [0.1, 0.15) is 26.2 Å². The molecule has 0 bridgehead atoms. The van der Waals surface area contributed by atoms with Gasteiger partial charge in [-0.2, -0.15) is 0 Å². The molecular weight excluding hydrogens is 180 g/mol. The molecule has 0 saturated carbocycles. The average molecular weight is 195 g/mol. The number of hydrogen-bond acceptors (Lipinski definition) is 1. The molecule has 0 saturated heterocycles. The molecule has 0 rings (SSSR count). The van der Waals surface area contributed by atoms with Crippen molar-refractivity contribution in [3.8, 4) is 0 Å². The molecule has 0 radical (unpaired) electrons. The standard InChI is InChI=1S/C7H15BrO/c1-7(4-5-8)3-2-6-9/h7,9H,2-6H2,1H3. The predicted octanol–water partition coefficient (Wildman–Crippen LogP) is 2.18. The fourth-order valence-corrected chi connectivity index (χ4v) is 1.55. The molecule has 1 N–H and O–H groups in total. The molecule has 0 aliphatic carbocycles. The molecule has 0 aromatic carbocycles. The first-order valence-electron chi connectivity index (χ1n) is 3.48. The summed E-state index contributed by atoms with van der Waals surface area (Å²) in [6.45, 7) is 2.56. The van der Waals surface area contributed by atoms with E-state index < -0.39 is 0 Å². The van der Waals surface area contributed by atoms with Gasteiger partial charge in [0.2, 0.25) is 0 Å². The van der Waals surface area contributed by atoms with Gasteiger partial charge < -0.3 is 5.11 Å². The third kappa shape index (κ3) is 6.32. The second-order valence-corrected chi connectivity index (χ2v) is 3.24. The molecule has 0 aromatic rings. The molecule has 56 valence electrons. The molecular formula is C7H15BrO. The van der Waals surface area contributed by atoms with Crippen LogP contribution in [0.15, 0.2) is 0 Å². The summed E-state index contributed by atoms with van der Waals surface area (Å²) < 4.78 is 0. The van der Waals surface area contributed by atoms with E-state index in [1.807, 2.05) is 0 Å². The van der Waals surface area contributed by atoms with Gasteiger partial charge in [-0.15, -0.1) is 0 Å². The highest BCUT2D eigenvalue weighted by Crippen LogP contribution is 2.10. The number of aliphatic hydroxyl groups is 1. The van der Waals surface area contributed by atoms with Crippen LogP contribution in [0.25, 0.3) is 0 Å². The maximum absolute atomic E-state index is 8.47. The van der Waals surface area contributed by atoms with E-state index in [9.17, 15) is 0 Å². The van der Waals surface area contributed by atoms with Crippen molar-refractivity contribution in [1.82, 2.24) is 0 Å². The first-order valence-corrected chi connectivity index (χ1v) is 4.60. The van der Waals surface area contributed by atoms with Crippen LogP contribution in [0, 0.1) is 5.92 Å². The lowest BCUT2D eigenvalue weighted by Gasteiger charge is -2.06. The van der Waals surface area contributed by atoms with E-state index >= 15 is 0 Å². The van der Waals surface area contributed by atoms with Gasteiger partial charge >= 0.3 is 0 Å². The Balaban J connectivity index is 2.95. The van der Waals surface area contributed by atoms with Crippen molar-refractivity contribution >= 4 is 15.9 Å². The largest absolute Gasteiger partial charge is 0.396 e. The van der Waals surface area contributed by atoms with Gasteiger partial charge in [-0.3, -0.25) is 0 Å². The van der Waals surface area contributed by atoms with Crippen molar-refractivity contribution < 1.29 is 5.11 Å². The molecule has 0 amide bonds. The first kappa shape index (κ1) is 9.44. The highest BCUT2D eigenvalue weighted by Gasteiger charge is 1.98. The lowest BCUT2D eigenvalue weighted by Crippen LogP contribution is -1.96. The molecule has 0 aromatic heterocycles. The summed E-state index contributed by atoms with van der Waals surface area (Å²) in [6, 6.07) is 0. The minimum absolute atomic E-state index is 0.340. The van der Waals surface area contributed by atoms with Gasteiger partial charge in [0, 0.05) is 11.9 Å². The van der Waals surface area contributed by atoms with E-state index in [2.05, 4.69) is 22.9 Å². The van der Waals surface area contributed by atoms with Gasteiger partial charge in [-0.05, 0) is 25.2 Å². The molecule has 0 aliphatic heterocycles. The molecule has 1 atom stereocenters. The Morgan fingerprint density at radius 1 is 1.44 bits per heavy atom. The quantitative estimate of drug-likeness (QED) is 0.666. The van der Waals surface area contributed by atoms with Crippen molar-refractivity contribution in [2.45, 2.75) is 26.2 Å². The SMILES string of the molecule is CC(CCBr)CCCO. The molecule has 0 aliphatic rings. The van der Waals surface area contributed by atoms with E-state index in [0.717, 1.165) is 24.1 Å². The Hall–Kier alpha value is 0.440. The summed E-state index contributed by atoms with van der Waals surface area (Å²) in [5.41, 5.74) is 0. The third-order valence-electron chi connectivity index (χ3n) is 1.46. The second-order valence-electron chi connectivity index (χ2n) is 2.45. The Morgan fingerprint density at radius 2 is 2.11 bits per heavy atom. The zero-order chi connectivity index (χ0) is 7.11. The number of alkyl halides is 1. The summed E-state index contributed by atoms with van der Waals surface area (Å²) >= 11 is 3.38. The molecule has 0 heterocycles. The Morgan fingerprint density at radius 3 is 2.56 bits per heavy atom. The van der Waals surface area contributed by atoms with Gasteiger partial charge in [0.05, 0.1) is 0 Å². The summed E-state index contributed by atoms with van der Waals surface area (Å²) in [4.78, 5) is 0. The smallest absolute Gasteiger partial charge is 0.0431 e. The van der Waals surface area contributed by atoms with Crippen LogP contribution in [0.3, 0.4) is 0 Å². The van der Waals surface area contributed by atoms with Crippen LogP contribution in [0.5, 0.6) is 0 Å². The maximum Gasteiger partial charge on any atom is 0.0431 e. The van der Waals surface area contributed by atoms with Gasteiger partial charge in [-0.25, -0.2) is 0 Å². The van der Waals surface area contributed by atoms with E-state index in [1.165, 1.54) is 6.42 Å². The minimum atomic E-state index is 0.340. The topological polar surface area (TPSA) is 20.2 Å². The van der Waals surface area contributed by atoms with E-state index in [0.29, 0.717) is 6.61 Å².